The van der Waals surface area contributed by atoms with E-state index in [0.717, 1.165) is 0 Å². The highest BCUT2D eigenvalue weighted by Crippen LogP contribution is 2.07. The predicted octanol–water partition coefficient (Wildman–Crippen LogP) is 0.200. The van der Waals surface area contributed by atoms with Gasteiger partial charge < -0.3 is 25.6 Å². The van der Waals surface area contributed by atoms with Gasteiger partial charge in [-0.1, -0.05) is 18.2 Å². The van der Waals surface area contributed by atoms with Gasteiger partial charge in [0.05, 0.1) is 6.54 Å². The van der Waals surface area contributed by atoms with Crippen LogP contribution in [-0.4, -0.2) is 48.0 Å². The third-order valence-corrected chi connectivity index (χ3v) is 2.42. The summed E-state index contributed by atoms with van der Waals surface area (Å²) in [7, 11) is 0. The largest absolute Gasteiger partial charge is 0.492 e. The summed E-state index contributed by atoms with van der Waals surface area (Å²) in [6.45, 7) is 0.204. The van der Waals surface area contributed by atoms with Gasteiger partial charge in [-0.2, -0.15) is 0 Å². The second-order valence-corrected chi connectivity index (χ2v) is 3.96. The number of carbonyl (C=O) groups is 2. The predicted molar refractivity (Wildman–Crippen MR) is 71.6 cm³/mol. The third-order valence-electron chi connectivity index (χ3n) is 2.42. The molecule has 0 radical (unpaired) electrons. The number of aliphatic hydroxyl groups is 1. The molecule has 0 heterocycles. The average molecular weight is 282 g/mol. The zero-order chi connectivity index (χ0) is 14.8. The number of rotatable bonds is 8. The first-order chi connectivity index (χ1) is 9.63. The van der Waals surface area contributed by atoms with Crippen LogP contribution < -0.4 is 15.4 Å². The minimum atomic E-state index is -1.19. The van der Waals surface area contributed by atoms with Crippen molar-refractivity contribution in [1.29, 1.82) is 0 Å². The smallest absolute Gasteiger partial charge is 0.326 e. The first kappa shape index (κ1) is 15.8. The van der Waals surface area contributed by atoms with Crippen LogP contribution in [0.1, 0.15) is 6.42 Å². The Balaban J connectivity index is 2.21. The molecule has 7 nitrogen and oxygen atoms in total. The van der Waals surface area contributed by atoms with E-state index < -0.39 is 18.0 Å². The van der Waals surface area contributed by atoms with Crippen molar-refractivity contribution in [3.05, 3.63) is 30.3 Å². The Morgan fingerprint density at radius 2 is 1.95 bits per heavy atom. The molecule has 0 unspecified atom stereocenters. The van der Waals surface area contributed by atoms with Crippen LogP contribution in [0.5, 0.6) is 5.75 Å². The highest BCUT2D eigenvalue weighted by molar-refractivity contribution is 5.82. The summed E-state index contributed by atoms with van der Waals surface area (Å²) in [5.41, 5.74) is 0. The molecule has 1 aromatic rings. The molecule has 110 valence electrons. The standard InChI is InChI=1S/C13H18N2O5/c16-8-6-11(12(17)18)15-13(19)14-7-9-20-10-4-2-1-3-5-10/h1-5,11,16H,6-9H2,(H,17,18)(H2,14,15,19)/t11-/m1/s1. The van der Waals surface area contributed by atoms with E-state index in [-0.39, 0.29) is 26.2 Å². The maximum atomic E-state index is 11.4. The van der Waals surface area contributed by atoms with Crippen LogP contribution in [0.25, 0.3) is 0 Å². The summed E-state index contributed by atoms with van der Waals surface area (Å²) in [5.74, 6) is -0.492. The Labute approximate surface area is 116 Å². The van der Waals surface area contributed by atoms with E-state index >= 15 is 0 Å². The molecule has 0 spiro atoms. The Bertz CT molecular complexity index is 424. The van der Waals surface area contributed by atoms with E-state index in [1.165, 1.54) is 0 Å². The van der Waals surface area contributed by atoms with Crippen LogP contribution in [0.4, 0.5) is 4.79 Å². The molecule has 7 heteroatoms. The number of carboxylic acid groups (broad SMARTS) is 1. The third kappa shape index (κ3) is 6.05. The molecule has 0 bridgehead atoms. The molecule has 1 aromatic carbocycles. The molecule has 0 aliphatic carbocycles. The number of amides is 2. The molecule has 4 N–H and O–H groups in total. The minimum absolute atomic E-state index is 0.0384. The summed E-state index contributed by atoms with van der Waals surface area (Å²) < 4.78 is 5.36. The summed E-state index contributed by atoms with van der Waals surface area (Å²) in [6, 6.07) is 7.41. The lowest BCUT2D eigenvalue weighted by atomic mass is 10.2. The lowest BCUT2D eigenvalue weighted by Gasteiger charge is -2.14. The Hall–Kier alpha value is -2.28. The normalized spacial score (nSPS) is 11.4. The topological polar surface area (TPSA) is 108 Å². The van der Waals surface area contributed by atoms with Gasteiger partial charge in [0.15, 0.2) is 0 Å². The molecular weight excluding hydrogens is 264 g/mol. The SMILES string of the molecule is O=C(NCCOc1ccccc1)N[C@H](CCO)C(=O)O. The number of aliphatic hydroxyl groups excluding tert-OH is 1. The van der Waals surface area contributed by atoms with Gasteiger partial charge in [0.2, 0.25) is 0 Å². The molecule has 2 amide bonds. The van der Waals surface area contributed by atoms with Crippen molar-refractivity contribution in [3.63, 3.8) is 0 Å². The van der Waals surface area contributed by atoms with Crippen LogP contribution in [0.3, 0.4) is 0 Å². The number of hydrogen-bond acceptors (Lipinski definition) is 4. The van der Waals surface area contributed by atoms with Gasteiger partial charge in [-0.05, 0) is 12.1 Å². The second kappa shape index (κ2) is 8.76. The summed E-state index contributed by atoms with van der Waals surface area (Å²) in [6.07, 6.45) is -0.0384. The number of carboxylic acids is 1. The monoisotopic (exact) mass is 282 g/mol. The highest BCUT2D eigenvalue weighted by atomic mass is 16.5. The Kier molecular flexibility index (Phi) is 6.91. The second-order valence-electron chi connectivity index (χ2n) is 3.96. The highest BCUT2D eigenvalue weighted by Gasteiger charge is 2.18. The van der Waals surface area contributed by atoms with Crippen molar-refractivity contribution in [3.8, 4) is 5.75 Å². The van der Waals surface area contributed by atoms with Crippen molar-refractivity contribution in [2.45, 2.75) is 12.5 Å². The minimum Gasteiger partial charge on any atom is -0.492 e. The fourth-order valence-corrected chi connectivity index (χ4v) is 1.45. The van der Waals surface area contributed by atoms with E-state index in [1.54, 1.807) is 12.1 Å². The Morgan fingerprint density at radius 1 is 1.25 bits per heavy atom. The first-order valence-electron chi connectivity index (χ1n) is 6.19. The van der Waals surface area contributed by atoms with Crippen molar-refractivity contribution in [2.75, 3.05) is 19.8 Å². The fraction of sp³-hybridized carbons (Fsp3) is 0.385. The summed E-state index contributed by atoms with van der Waals surface area (Å²) >= 11 is 0. The molecule has 20 heavy (non-hydrogen) atoms. The van der Waals surface area contributed by atoms with Gasteiger partial charge in [0, 0.05) is 13.0 Å². The number of ether oxygens (including phenoxy) is 1. The molecule has 0 fully saturated rings. The lowest BCUT2D eigenvalue weighted by molar-refractivity contribution is -0.139. The molecule has 0 saturated carbocycles. The maximum Gasteiger partial charge on any atom is 0.326 e. The van der Waals surface area contributed by atoms with Gasteiger partial charge in [0.1, 0.15) is 18.4 Å². The molecule has 1 atom stereocenters. The van der Waals surface area contributed by atoms with Crippen molar-refractivity contribution in [2.24, 2.45) is 0 Å². The lowest BCUT2D eigenvalue weighted by Crippen LogP contribution is -2.47. The van der Waals surface area contributed by atoms with Crippen LogP contribution in [0.2, 0.25) is 0 Å². The van der Waals surface area contributed by atoms with E-state index in [9.17, 15) is 9.59 Å². The first-order valence-corrected chi connectivity index (χ1v) is 6.19. The zero-order valence-electron chi connectivity index (χ0n) is 10.9. The number of aliphatic carboxylic acids is 1. The average Bonchev–Trinajstić information content (AvgIpc) is 2.44. The Morgan fingerprint density at radius 3 is 2.55 bits per heavy atom. The van der Waals surface area contributed by atoms with Gasteiger partial charge in [0.25, 0.3) is 0 Å². The van der Waals surface area contributed by atoms with Gasteiger partial charge >= 0.3 is 12.0 Å². The van der Waals surface area contributed by atoms with Gasteiger partial charge in [-0.15, -0.1) is 0 Å². The molecule has 0 saturated heterocycles. The maximum absolute atomic E-state index is 11.4. The van der Waals surface area contributed by atoms with Gasteiger partial charge in [-0.25, -0.2) is 9.59 Å². The number of carbonyl (C=O) groups excluding carboxylic acids is 1. The van der Waals surface area contributed by atoms with Crippen molar-refractivity contribution < 1.29 is 24.5 Å². The van der Waals surface area contributed by atoms with Crippen LogP contribution in [-0.2, 0) is 4.79 Å². The van der Waals surface area contributed by atoms with Crippen molar-refractivity contribution in [1.82, 2.24) is 10.6 Å². The van der Waals surface area contributed by atoms with Gasteiger partial charge in [-0.3, -0.25) is 0 Å². The summed E-state index contributed by atoms with van der Waals surface area (Å²) in [4.78, 5) is 22.2. The molecule has 0 aliphatic heterocycles. The number of benzene rings is 1. The molecule has 0 aliphatic rings. The van der Waals surface area contributed by atoms with Crippen LogP contribution >= 0.6 is 0 Å². The number of urea groups is 1. The van der Waals surface area contributed by atoms with Crippen LogP contribution in [0, 0.1) is 0 Å². The number of hydrogen-bond donors (Lipinski definition) is 4. The van der Waals surface area contributed by atoms with E-state index in [0.29, 0.717) is 5.75 Å². The zero-order valence-corrected chi connectivity index (χ0v) is 10.9. The van der Waals surface area contributed by atoms with E-state index in [4.69, 9.17) is 14.9 Å². The number of nitrogens with one attached hydrogen (secondary N) is 2. The molecular formula is C13H18N2O5. The molecule has 0 aromatic heterocycles. The van der Waals surface area contributed by atoms with Crippen LogP contribution in [0.15, 0.2) is 30.3 Å². The summed E-state index contributed by atoms with van der Waals surface area (Å²) in [5, 5.41) is 22.2. The van der Waals surface area contributed by atoms with Crippen molar-refractivity contribution >= 4 is 12.0 Å². The molecule has 1 rings (SSSR count). The van der Waals surface area contributed by atoms with E-state index in [2.05, 4.69) is 10.6 Å². The van der Waals surface area contributed by atoms with E-state index in [1.807, 2.05) is 18.2 Å². The fourth-order valence-electron chi connectivity index (χ4n) is 1.45. The number of para-hydroxylation sites is 1. The quantitative estimate of drug-likeness (QED) is 0.509.